The Morgan fingerprint density at radius 1 is 0.976 bits per heavy atom. The number of rotatable bonds is 13. The Kier molecular flexibility index (Phi) is 10.5. The Labute approximate surface area is 259 Å². The highest BCUT2D eigenvalue weighted by molar-refractivity contribution is 6.77. The summed E-state index contributed by atoms with van der Waals surface area (Å²) in [5, 5.41) is 1.43. The van der Waals surface area contributed by atoms with Gasteiger partial charge in [0.2, 0.25) is 5.91 Å². The number of hydrogen-bond donors (Lipinski definition) is 0. The van der Waals surface area contributed by atoms with Crippen LogP contribution in [0.25, 0.3) is 0 Å². The van der Waals surface area contributed by atoms with Crippen LogP contribution in [0.15, 0.2) is 61.2 Å². The minimum atomic E-state index is -2.06. The van der Waals surface area contributed by atoms with Gasteiger partial charge in [0.15, 0.2) is 8.32 Å². The molecule has 1 saturated heterocycles. The summed E-state index contributed by atoms with van der Waals surface area (Å²) in [5.41, 5.74) is 3.23. The van der Waals surface area contributed by atoms with Crippen LogP contribution in [0.2, 0.25) is 26.7 Å². The molecule has 6 heteroatoms. The minimum absolute atomic E-state index is 0.0758. The van der Waals surface area contributed by atoms with Crippen LogP contribution in [0.1, 0.15) is 96.7 Å². The van der Waals surface area contributed by atoms with Gasteiger partial charge in [-0.25, -0.2) is 0 Å². The van der Waals surface area contributed by atoms with Crippen LogP contribution in [0.4, 0.5) is 0 Å². The summed E-state index contributed by atoms with van der Waals surface area (Å²) >= 11 is 12.9. The molecule has 3 nitrogen and oxygen atoms in total. The number of halogens is 2. The first-order valence-corrected chi connectivity index (χ1v) is 18.4. The van der Waals surface area contributed by atoms with Crippen molar-refractivity contribution in [3.63, 3.8) is 0 Å². The first-order chi connectivity index (χ1) is 19.4. The molecule has 3 atom stereocenters. The summed E-state index contributed by atoms with van der Waals surface area (Å²) in [5.74, 6) is 0.901. The van der Waals surface area contributed by atoms with Crippen molar-refractivity contribution >= 4 is 37.4 Å². The largest absolute Gasteiger partial charge is 0.416 e. The highest BCUT2D eigenvalue weighted by Crippen LogP contribution is 2.54. The van der Waals surface area contributed by atoms with Crippen LogP contribution in [0.5, 0.6) is 0 Å². The number of hydrogen-bond acceptors (Lipinski definition) is 2. The van der Waals surface area contributed by atoms with Crippen molar-refractivity contribution < 1.29 is 9.22 Å². The molecule has 1 heterocycles. The number of piperidine rings is 1. The lowest BCUT2D eigenvalue weighted by atomic mass is 9.65. The Morgan fingerprint density at radius 2 is 1.61 bits per heavy atom. The van der Waals surface area contributed by atoms with Crippen molar-refractivity contribution in [2.24, 2.45) is 11.3 Å². The zero-order chi connectivity index (χ0) is 29.9. The number of carbonyl (C=O) groups excluding carboxylic acids is 1. The molecule has 2 aromatic rings. The highest BCUT2D eigenvalue weighted by Gasteiger charge is 2.53. The molecule has 2 aromatic carbocycles. The normalized spacial score (nSPS) is 23.6. The van der Waals surface area contributed by atoms with Crippen molar-refractivity contribution in [1.82, 2.24) is 4.90 Å². The second-order valence-electron chi connectivity index (χ2n) is 13.5. The average molecular weight is 615 g/mol. The molecule has 1 unspecified atom stereocenters. The Balaban J connectivity index is 1.77. The monoisotopic (exact) mass is 613 g/mol. The van der Waals surface area contributed by atoms with Crippen molar-refractivity contribution in [3.8, 4) is 0 Å². The molecule has 0 aromatic heterocycles. The van der Waals surface area contributed by atoms with Gasteiger partial charge in [0.1, 0.15) is 0 Å². The SMILES string of the molecule is C=CCC1(CCO[Si](C(C)C)(C(C)C)C(C)C)C[C@H](c2cccc(Cl)c2)[C@@H](c2ccc(Cl)cc2)N(CC2CC2)C1=O. The molecule has 1 aliphatic heterocycles. The average Bonchev–Trinajstić information content (AvgIpc) is 3.73. The van der Waals surface area contributed by atoms with E-state index in [0.29, 0.717) is 47.0 Å². The third-order valence-corrected chi connectivity index (χ3v) is 16.5. The van der Waals surface area contributed by atoms with E-state index in [9.17, 15) is 4.79 Å². The molecule has 1 saturated carbocycles. The van der Waals surface area contributed by atoms with Gasteiger partial charge < -0.3 is 9.33 Å². The lowest BCUT2D eigenvalue weighted by Gasteiger charge is -2.51. The highest BCUT2D eigenvalue weighted by atomic mass is 35.5. The van der Waals surface area contributed by atoms with Gasteiger partial charge in [-0.1, -0.05) is 95.1 Å². The van der Waals surface area contributed by atoms with Gasteiger partial charge in [-0.05, 0) is 90.0 Å². The molecule has 1 amide bonds. The second-order valence-corrected chi connectivity index (χ2v) is 19.8. The standard InChI is InChI=1S/C35H49Cl2NO2Si/c1-8-18-35(19-20-40-41(24(2)3,25(4)5)26(6)7)22-32(29-10-9-11-31(37)21-29)33(28-14-16-30(36)17-15-28)38(34(35)39)23-27-12-13-27/h8-11,14-17,21,24-27,32-33H,1,12-13,18-20,22-23H2,2-7H3/t32-,33-,35?/m1/s1. The summed E-state index contributed by atoms with van der Waals surface area (Å²) in [6.07, 6.45) is 6.38. The summed E-state index contributed by atoms with van der Waals surface area (Å²) in [4.78, 5) is 17.0. The summed E-state index contributed by atoms with van der Waals surface area (Å²) in [6, 6.07) is 16.2. The molecule has 2 aliphatic rings. The van der Waals surface area contributed by atoms with Crippen LogP contribution in [-0.4, -0.2) is 32.3 Å². The Morgan fingerprint density at radius 3 is 2.15 bits per heavy atom. The maximum Gasteiger partial charge on any atom is 0.229 e. The van der Waals surface area contributed by atoms with Gasteiger partial charge >= 0.3 is 0 Å². The van der Waals surface area contributed by atoms with Crippen molar-refractivity contribution in [3.05, 3.63) is 82.4 Å². The third-order valence-electron chi connectivity index (χ3n) is 9.86. The molecule has 0 spiro atoms. The van der Waals surface area contributed by atoms with E-state index in [1.807, 2.05) is 30.3 Å². The lowest BCUT2D eigenvalue weighted by Crippen LogP contribution is -2.54. The number of likely N-dealkylation sites (tertiary alicyclic amines) is 1. The topological polar surface area (TPSA) is 29.5 Å². The zero-order valence-corrected chi connectivity index (χ0v) is 28.3. The molecule has 0 radical (unpaired) electrons. The molecule has 1 aliphatic carbocycles. The maximum absolute atomic E-state index is 14.8. The summed E-state index contributed by atoms with van der Waals surface area (Å²) < 4.78 is 7.05. The number of nitrogens with zero attached hydrogens (tertiary/aromatic N) is 1. The van der Waals surface area contributed by atoms with E-state index in [1.165, 1.54) is 18.4 Å². The molecule has 41 heavy (non-hydrogen) atoms. The smallest absolute Gasteiger partial charge is 0.229 e. The lowest BCUT2D eigenvalue weighted by molar-refractivity contribution is -0.153. The van der Waals surface area contributed by atoms with Crippen LogP contribution < -0.4 is 0 Å². The van der Waals surface area contributed by atoms with E-state index in [4.69, 9.17) is 27.6 Å². The summed E-state index contributed by atoms with van der Waals surface area (Å²) in [7, 11) is -2.06. The number of amides is 1. The van der Waals surface area contributed by atoms with E-state index in [-0.39, 0.29) is 17.9 Å². The molecular formula is C35H49Cl2NO2Si. The quantitative estimate of drug-likeness (QED) is 0.166. The fourth-order valence-corrected chi connectivity index (χ4v) is 13.6. The first kappa shape index (κ1) is 32.3. The minimum Gasteiger partial charge on any atom is -0.416 e. The van der Waals surface area contributed by atoms with E-state index in [2.05, 4.69) is 77.3 Å². The first-order valence-electron chi connectivity index (χ1n) is 15.5. The Hall–Kier alpha value is -1.59. The molecule has 2 fully saturated rings. The molecular weight excluding hydrogens is 565 g/mol. The summed E-state index contributed by atoms with van der Waals surface area (Å²) in [6.45, 7) is 19.4. The number of benzene rings is 2. The molecule has 4 rings (SSSR count). The van der Waals surface area contributed by atoms with Crippen LogP contribution in [0.3, 0.4) is 0 Å². The second kappa shape index (κ2) is 13.4. The number of carbonyl (C=O) groups is 1. The van der Waals surface area contributed by atoms with E-state index in [1.54, 1.807) is 0 Å². The van der Waals surface area contributed by atoms with E-state index in [0.717, 1.165) is 23.6 Å². The maximum atomic E-state index is 14.8. The van der Waals surface area contributed by atoms with Gasteiger partial charge in [0.25, 0.3) is 0 Å². The fourth-order valence-electron chi connectivity index (χ4n) is 7.83. The van der Waals surface area contributed by atoms with Gasteiger partial charge in [-0.15, -0.1) is 6.58 Å². The predicted molar refractivity (Wildman–Crippen MR) is 176 cm³/mol. The predicted octanol–water partition coefficient (Wildman–Crippen LogP) is 10.6. The van der Waals surface area contributed by atoms with Gasteiger partial charge in [-0.2, -0.15) is 0 Å². The van der Waals surface area contributed by atoms with Gasteiger partial charge in [-0.3, -0.25) is 4.79 Å². The zero-order valence-electron chi connectivity index (χ0n) is 25.8. The van der Waals surface area contributed by atoms with E-state index < -0.39 is 13.7 Å². The van der Waals surface area contributed by atoms with Crippen LogP contribution in [0, 0.1) is 11.3 Å². The number of allylic oxidation sites excluding steroid dienone is 1. The molecule has 0 bridgehead atoms. The molecule has 0 N–H and O–H groups in total. The van der Waals surface area contributed by atoms with Crippen molar-refractivity contribution in [1.29, 1.82) is 0 Å². The third kappa shape index (κ3) is 6.82. The van der Waals surface area contributed by atoms with Crippen molar-refractivity contribution in [2.75, 3.05) is 13.2 Å². The Bertz CT molecular complexity index is 1170. The fraction of sp³-hybridized carbons (Fsp3) is 0.571. The van der Waals surface area contributed by atoms with Crippen LogP contribution in [-0.2, 0) is 9.22 Å². The van der Waals surface area contributed by atoms with E-state index >= 15 is 0 Å². The van der Waals surface area contributed by atoms with Gasteiger partial charge in [0, 0.05) is 29.1 Å². The van der Waals surface area contributed by atoms with Crippen molar-refractivity contribution in [2.45, 2.75) is 102 Å². The van der Waals surface area contributed by atoms with Gasteiger partial charge in [0.05, 0.1) is 11.5 Å². The molecule has 224 valence electrons. The van der Waals surface area contributed by atoms with Crippen LogP contribution >= 0.6 is 23.2 Å².